The predicted molar refractivity (Wildman–Crippen MR) is 93.0 cm³/mol. The summed E-state index contributed by atoms with van der Waals surface area (Å²) in [7, 11) is 0. The quantitative estimate of drug-likeness (QED) is 0.624. The SMILES string of the molecule is Cc1ccc(NC(=O)C(C#N)=Cc2ccccc2OCC(=O)O)cc1. The first-order chi connectivity index (χ1) is 12.0. The number of anilines is 1. The van der Waals surface area contributed by atoms with E-state index in [0.29, 0.717) is 11.3 Å². The molecule has 0 radical (unpaired) electrons. The maximum absolute atomic E-state index is 12.3. The van der Waals surface area contributed by atoms with Gasteiger partial charge in [0.1, 0.15) is 17.4 Å². The third-order valence-electron chi connectivity index (χ3n) is 3.24. The molecular formula is C19H16N2O4. The van der Waals surface area contributed by atoms with E-state index < -0.39 is 18.5 Å². The topological polar surface area (TPSA) is 99.4 Å². The van der Waals surface area contributed by atoms with Crippen LogP contribution in [0.2, 0.25) is 0 Å². The Hall–Kier alpha value is -3.59. The number of carbonyl (C=O) groups excluding carboxylic acids is 1. The number of nitrogens with zero attached hydrogens (tertiary/aromatic N) is 1. The first-order valence-electron chi connectivity index (χ1n) is 7.43. The van der Waals surface area contributed by atoms with Crippen molar-refractivity contribution >= 4 is 23.6 Å². The van der Waals surface area contributed by atoms with Crippen LogP contribution in [0.1, 0.15) is 11.1 Å². The van der Waals surface area contributed by atoms with Crippen molar-refractivity contribution in [1.82, 2.24) is 0 Å². The van der Waals surface area contributed by atoms with Gasteiger partial charge in [-0.15, -0.1) is 0 Å². The minimum Gasteiger partial charge on any atom is -0.481 e. The van der Waals surface area contributed by atoms with Crippen LogP contribution in [0.25, 0.3) is 6.08 Å². The number of carboxylic acid groups (broad SMARTS) is 1. The Bertz CT molecular complexity index is 848. The van der Waals surface area contributed by atoms with E-state index in [0.717, 1.165) is 5.56 Å². The van der Waals surface area contributed by atoms with Gasteiger partial charge in [-0.25, -0.2) is 4.79 Å². The van der Waals surface area contributed by atoms with Crippen LogP contribution in [0.4, 0.5) is 5.69 Å². The van der Waals surface area contributed by atoms with Crippen LogP contribution < -0.4 is 10.1 Å². The monoisotopic (exact) mass is 336 g/mol. The molecule has 1 amide bonds. The van der Waals surface area contributed by atoms with Crippen molar-refractivity contribution in [3.05, 3.63) is 65.2 Å². The fourth-order valence-corrected chi connectivity index (χ4v) is 2.01. The van der Waals surface area contributed by atoms with Crippen molar-refractivity contribution in [3.8, 4) is 11.8 Å². The molecule has 0 spiro atoms. The Balaban J connectivity index is 2.22. The van der Waals surface area contributed by atoms with Crippen LogP contribution in [0.3, 0.4) is 0 Å². The molecule has 2 aromatic carbocycles. The standard InChI is InChI=1S/C19H16N2O4/c1-13-6-8-16(9-7-13)21-19(24)15(11-20)10-14-4-2-3-5-17(14)25-12-18(22)23/h2-10H,12H2,1H3,(H,21,24)(H,22,23). The molecule has 2 N–H and O–H groups in total. The van der Waals surface area contributed by atoms with Gasteiger partial charge in [0.25, 0.3) is 5.91 Å². The van der Waals surface area contributed by atoms with E-state index in [1.165, 1.54) is 6.08 Å². The van der Waals surface area contributed by atoms with Gasteiger partial charge in [-0.2, -0.15) is 5.26 Å². The van der Waals surface area contributed by atoms with E-state index in [-0.39, 0.29) is 11.3 Å². The molecule has 0 fully saturated rings. The molecule has 0 unspecified atom stereocenters. The number of hydrogen-bond acceptors (Lipinski definition) is 4. The molecule has 0 atom stereocenters. The van der Waals surface area contributed by atoms with Crippen LogP contribution in [0.15, 0.2) is 54.1 Å². The minimum atomic E-state index is -1.11. The van der Waals surface area contributed by atoms with Gasteiger partial charge in [-0.05, 0) is 31.2 Å². The maximum Gasteiger partial charge on any atom is 0.341 e. The zero-order chi connectivity index (χ0) is 18.2. The first-order valence-corrected chi connectivity index (χ1v) is 7.43. The Morgan fingerprint density at radius 1 is 1.20 bits per heavy atom. The summed E-state index contributed by atoms with van der Waals surface area (Å²) in [5, 5.41) is 20.6. The zero-order valence-electron chi connectivity index (χ0n) is 13.5. The summed E-state index contributed by atoms with van der Waals surface area (Å²) in [4.78, 5) is 22.9. The highest BCUT2D eigenvalue weighted by molar-refractivity contribution is 6.09. The molecule has 0 saturated heterocycles. The second-order valence-corrected chi connectivity index (χ2v) is 5.21. The van der Waals surface area contributed by atoms with Crippen molar-refractivity contribution < 1.29 is 19.4 Å². The van der Waals surface area contributed by atoms with Gasteiger partial charge in [-0.3, -0.25) is 4.79 Å². The van der Waals surface area contributed by atoms with Gasteiger partial charge in [0.05, 0.1) is 0 Å². The van der Waals surface area contributed by atoms with E-state index >= 15 is 0 Å². The Morgan fingerprint density at radius 2 is 1.88 bits per heavy atom. The number of ether oxygens (including phenoxy) is 1. The first kappa shape index (κ1) is 17.8. The maximum atomic E-state index is 12.3. The number of carboxylic acids is 1. The van der Waals surface area contributed by atoms with Gasteiger partial charge < -0.3 is 15.2 Å². The molecule has 0 aromatic heterocycles. The van der Waals surface area contributed by atoms with Crippen LogP contribution in [0, 0.1) is 18.3 Å². The van der Waals surface area contributed by atoms with Gasteiger partial charge in [0.2, 0.25) is 0 Å². The Labute approximate surface area is 145 Å². The van der Waals surface area contributed by atoms with Crippen molar-refractivity contribution in [3.63, 3.8) is 0 Å². The molecule has 126 valence electrons. The second-order valence-electron chi connectivity index (χ2n) is 5.21. The number of hydrogen-bond donors (Lipinski definition) is 2. The summed E-state index contributed by atoms with van der Waals surface area (Å²) in [6.07, 6.45) is 1.36. The number of rotatable bonds is 6. The van der Waals surface area contributed by atoms with Crippen LogP contribution in [-0.4, -0.2) is 23.6 Å². The van der Waals surface area contributed by atoms with Crippen LogP contribution >= 0.6 is 0 Å². The Kier molecular flexibility index (Phi) is 5.91. The number of amides is 1. The van der Waals surface area contributed by atoms with Gasteiger partial charge >= 0.3 is 5.97 Å². The number of aryl methyl sites for hydroxylation is 1. The molecule has 0 aliphatic heterocycles. The van der Waals surface area contributed by atoms with Crippen LogP contribution in [-0.2, 0) is 9.59 Å². The normalized spacial score (nSPS) is 10.6. The fourth-order valence-electron chi connectivity index (χ4n) is 2.01. The molecule has 25 heavy (non-hydrogen) atoms. The zero-order valence-corrected chi connectivity index (χ0v) is 13.5. The van der Waals surface area contributed by atoms with Crippen molar-refractivity contribution in [2.75, 3.05) is 11.9 Å². The molecule has 2 rings (SSSR count). The second kappa shape index (κ2) is 8.31. The summed E-state index contributed by atoms with van der Waals surface area (Å²) in [5.41, 5.74) is 1.96. The van der Waals surface area contributed by atoms with Crippen molar-refractivity contribution in [2.45, 2.75) is 6.92 Å². The molecule has 2 aromatic rings. The highest BCUT2D eigenvalue weighted by Crippen LogP contribution is 2.21. The number of nitriles is 1. The minimum absolute atomic E-state index is 0.119. The lowest BCUT2D eigenvalue weighted by molar-refractivity contribution is -0.139. The summed E-state index contributed by atoms with van der Waals surface area (Å²) >= 11 is 0. The molecule has 6 heteroatoms. The number of benzene rings is 2. The molecule has 0 saturated carbocycles. The van der Waals surface area contributed by atoms with E-state index in [1.54, 1.807) is 36.4 Å². The molecule has 0 aliphatic rings. The lowest BCUT2D eigenvalue weighted by Crippen LogP contribution is -2.13. The average molecular weight is 336 g/mol. The van der Waals surface area contributed by atoms with E-state index in [4.69, 9.17) is 9.84 Å². The number of nitrogens with one attached hydrogen (secondary N) is 1. The van der Waals surface area contributed by atoms with E-state index in [2.05, 4.69) is 5.32 Å². The van der Waals surface area contributed by atoms with E-state index in [9.17, 15) is 14.9 Å². The number of para-hydroxylation sites is 1. The van der Waals surface area contributed by atoms with Gasteiger partial charge in [-0.1, -0.05) is 35.9 Å². The third-order valence-corrected chi connectivity index (χ3v) is 3.24. The summed E-state index contributed by atoms with van der Waals surface area (Å²) in [5.74, 6) is -1.39. The van der Waals surface area contributed by atoms with Crippen molar-refractivity contribution in [2.24, 2.45) is 0 Å². The largest absolute Gasteiger partial charge is 0.481 e. The van der Waals surface area contributed by atoms with E-state index in [1.807, 2.05) is 25.1 Å². The highest BCUT2D eigenvalue weighted by Gasteiger charge is 2.11. The Morgan fingerprint density at radius 3 is 2.52 bits per heavy atom. The molecule has 0 heterocycles. The summed E-state index contributed by atoms with van der Waals surface area (Å²) in [6, 6.07) is 15.6. The third kappa shape index (κ3) is 5.22. The molecule has 0 bridgehead atoms. The molecule has 0 aliphatic carbocycles. The lowest BCUT2D eigenvalue weighted by atomic mass is 10.1. The van der Waals surface area contributed by atoms with Gasteiger partial charge in [0, 0.05) is 11.3 Å². The lowest BCUT2D eigenvalue weighted by Gasteiger charge is -2.08. The smallest absolute Gasteiger partial charge is 0.341 e. The number of carbonyl (C=O) groups is 2. The summed E-state index contributed by atoms with van der Waals surface area (Å²) < 4.78 is 5.17. The van der Waals surface area contributed by atoms with Crippen LogP contribution in [0.5, 0.6) is 5.75 Å². The molecule has 6 nitrogen and oxygen atoms in total. The van der Waals surface area contributed by atoms with Gasteiger partial charge in [0.15, 0.2) is 6.61 Å². The van der Waals surface area contributed by atoms with Crippen molar-refractivity contribution in [1.29, 1.82) is 5.26 Å². The number of aliphatic carboxylic acids is 1. The average Bonchev–Trinajstić information content (AvgIpc) is 2.60. The highest BCUT2D eigenvalue weighted by atomic mass is 16.5. The molecular weight excluding hydrogens is 320 g/mol. The fraction of sp³-hybridized carbons (Fsp3) is 0.105. The predicted octanol–water partition coefficient (Wildman–Crippen LogP) is 3.00. The summed E-state index contributed by atoms with van der Waals surface area (Å²) in [6.45, 7) is 1.42.